The number of hydrogen-bond acceptors (Lipinski definition) is 6. The third-order valence-corrected chi connectivity index (χ3v) is 7.25. The highest BCUT2D eigenvalue weighted by Crippen LogP contribution is 2.31. The van der Waals surface area contributed by atoms with Crippen LogP contribution in [0, 0.1) is 6.92 Å². The largest absolute Gasteiger partial charge is 0.324 e. The Balaban J connectivity index is 1.75. The van der Waals surface area contributed by atoms with Gasteiger partial charge >= 0.3 is 0 Å². The van der Waals surface area contributed by atoms with E-state index < -0.39 is 5.83 Å². The number of carbonyl (C=O) groups is 1. The van der Waals surface area contributed by atoms with Crippen LogP contribution in [0.15, 0.2) is 47.3 Å². The number of nitrogens with one attached hydrogen (secondary N) is 1. The monoisotopic (exact) mass is 535 g/mol. The van der Waals surface area contributed by atoms with Crippen LogP contribution in [-0.4, -0.2) is 61.7 Å². The van der Waals surface area contributed by atoms with Crippen molar-refractivity contribution in [1.82, 2.24) is 29.1 Å². The molecule has 0 saturated carbocycles. The molecule has 3 heterocycles. The van der Waals surface area contributed by atoms with Gasteiger partial charge in [-0.2, -0.15) is 4.98 Å². The van der Waals surface area contributed by atoms with E-state index in [1.165, 1.54) is 46.1 Å². The molecular formula is C29H38FN7O2. The van der Waals surface area contributed by atoms with Gasteiger partial charge in [-0.25, -0.2) is 18.7 Å². The van der Waals surface area contributed by atoms with Gasteiger partial charge in [0.2, 0.25) is 12.4 Å². The van der Waals surface area contributed by atoms with E-state index in [-0.39, 0.29) is 11.6 Å². The molecule has 1 aromatic carbocycles. The summed E-state index contributed by atoms with van der Waals surface area (Å²) in [6.45, 7) is 11.5. The quantitative estimate of drug-likeness (QED) is 0.306. The third kappa shape index (κ3) is 6.11. The lowest BCUT2D eigenvalue weighted by molar-refractivity contribution is -0.117. The minimum absolute atomic E-state index is 0.165. The van der Waals surface area contributed by atoms with Gasteiger partial charge in [-0.3, -0.25) is 9.59 Å². The lowest BCUT2D eigenvalue weighted by Crippen LogP contribution is -2.29. The predicted molar refractivity (Wildman–Crippen MR) is 154 cm³/mol. The Morgan fingerprint density at radius 2 is 2.00 bits per heavy atom. The van der Waals surface area contributed by atoms with Crippen molar-refractivity contribution in [2.45, 2.75) is 66.0 Å². The van der Waals surface area contributed by atoms with Crippen molar-refractivity contribution >= 4 is 34.8 Å². The first-order valence-corrected chi connectivity index (χ1v) is 13.5. The Kier molecular flexibility index (Phi) is 8.64. The number of anilines is 2. The average Bonchev–Trinajstić information content (AvgIpc) is 3.17. The van der Waals surface area contributed by atoms with Crippen molar-refractivity contribution in [2.75, 3.05) is 25.5 Å². The standard InChI is InChI=1S/C29H38FN7O2/c1-7-36-28(39)26-16-31-29(32-23-8-9-25(20(4)14-23)22-10-12-34(6)13-11-22)33-27(26)37(36)24(15-21(5)30)17-35(18-38)19(2)3/h8-9,14-19,22H,7,10-13H2,1-6H3,(H,31,32,33)/b21-15+,24-17+. The first-order valence-electron chi connectivity index (χ1n) is 13.5. The molecule has 0 bridgehead atoms. The zero-order chi connectivity index (χ0) is 28.3. The zero-order valence-corrected chi connectivity index (χ0v) is 23.6. The molecule has 39 heavy (non-hydrogen) atoms. The van der Waals surface area contributed by atoms with E-state index in [1.54, 1.807) is 4.68 Å². The molecule has 0 unspecified atom stereocenters. The van der Waals surface area contributed by atoms with Crippen molar-refractivity contribution in [3.63, 3.8) is 0 Å². The molecule has 4 rings (SSSR count). The van der Waals surface area contributed by atoms with Gasteiger partial charge in [0.25, 0.3) is 5.56 Å². The summed E-state index contributed by atoms with van der Waals surface area (Å²) >= 11 is 0. The second-order valence-electron chi connectivity index (χ2n) is 10.5. The smallest absolute Gasteiger partial charge is 0.278 e. The minimum atomic E-state index is -0.472. The number of likely N-dealkylation sites (tertiary alicyclic amines) is 1. The molecule has 0 spiro atoms. The van der Waals surface area contributed by atoms with E-state index >= 15 is 0 Å². The maximum absolute atomic E-state index is 14.2. The summed E-state index contributed by atoms with van der Waals surface area (Å²) in [6, 6.07) is 6.13. The van der Waals surface area contributed by atoms with Gasteiger partial charge in [0, 0.05) is 30.7 Å². The summed E-state index contributed by atoms with van der Waals surface area (Å²) < 4.78 is 17.2. The maximum atomic E-state index is 14.2. The number of benzene rings is 1. The van der Waals surface area contributed by atoms with Crippen LogP contribution in [0.3, 0.4) is 0 Å². The molecule has 10 heteroatoms. The van der Waals surface area contributed by atoms with Crippen LogP contribution < -0.4 is 10.9 Å². The van der Waals surface area contributed by atoms with Gasteiger partial charge in [-0.15, -0.1) is 0 Å². The Bertz CT molecular complexity index is 1460. The highest BCUT2D eigenvalue weighted by Gasteiger charge is 2.21. The average molecular weight is 536 g/mol. The van der Waals surface area contributed by atoms with Crippen LogP contribution in [0.2, 0.25) is 0 Å². The molecule has 9 nitrogen and oxygen atoms in total. The molecule has 1 aliphatic heterocycles. The number of amides is 1. The molecule has 0 aliphatic carbocycles. The van der Waals surface area contributed by atoms with E-state index in [4.69, 9.17) is 0 Å². The molecule has 0 atom stereocenters. The molecule has 1 saturated heterocycles. The normalized spacial score (nSPS) is 15.8. The van der Waals surface area contributed by atoms with Crippen LogP contribution in [0.4, 0.5) is 16.0 Å². The third-order valence-electron chi connectivity index (χ3n) is 7.25. The lowest BCUT2D eigenvalue weighted by Gasteiger charge is -2.30. The van der Waals surface area contributed by atoms with Gasteiger partial charge in [0.05, 0.1) is 11.5 Å². The Morgan fingerprint density at radius 1 is 1.28 bits per heavy atom. The summed E-state index contributed by atoms with van der Waals surface area (Å²) in [5.74, 6) is 0.396. The van der Waals surface area contributed by atoms with Crippen molar-refractivity contribution in [2.24, 2.45) is 0 Å². The van der Waals surface area contributed by atoms with E-state index in [0.29, 0.717) is 41.6 Å². The minimum Gasteiger partial charge on any atom is -0.324 e. The molecule has 3 aromatic rings. The van der Waals surface area contributed by atoms with Gasteiger partial charge < -0.3 is 15.1 Å². The van der Waals surface area contributed by atoms with Gasteiger partial charge in [-0.05, 0) is 103 Å². The Morgan fingerprint density at radius 3 is 2.59 bits per heavy atom. The molecule has 2 aromatic heterocycles. The number of fused-ring (bicyclic) bond motifs is 1. The van der Waals surface area contributed by atoms with Gasteiger partial charge in [0.1, 0.15) is 5.39 Å². The van der Waals surface area contributed by atoms with Crippen molar-refractivity contribution in [1.29, 1.82) is 0 Å². The fourth-order valence-electron chi connectivity index (χ4n) is 5.11. The first-order chi connectivity index (χ1) is 18.6. The van der Waals surface area contributed by atoms with Gasteiger partial charge in [-0.1, -0.05) is 6.07 Å². The number of aryl methyl sites for hydroxylation is 1. The number of nitrogens with zero attached hydrogens (tertiary/aromatic N) is 6. The summed E-state index contributed by atoms with van der Waals surface area (Å²) in [6.07, 6.45) is 7.26. The van der Waals surface area contributed by atoms with Crippen molar-refractivity contribution < 1.29 is 9.18 Å². The van der Waals surface area contributed by atoms with Crippen LogP contribution in [0.5, 0.6) is 0 Å². The second-order valence-corrected chi connectivity index (χ2v) is 10.5. The summed E-state index contributed by atoms with van der Waals surface area (Å²) in [5.41, 5.74) is 3.74. The SMILES string of the molecule is CCn1c(=O)c2cnc(Nc3ccc(C4CCN(C)CC4)c(C)c3)nc2n1C(/C=C(\C)F)=C/N(C=O)C(C)C. The summed E-state index contributed by atoms with van der Waals surface area (Å²) in [4.78, 5) is 37.7. The van der Waals surface area contributed by atoms with Crippen LogP contribution in [0.1, 0.15) is 57.6 Å². The Labute approximate surface area is 228 Å². The predicted octanol–water partition coefficient (Wildman–Crippen LogP) is 5.01. The van der Waals surface area contributed by atoms with Crippen LogP contribution in [-0.2, 0) is 11.3 Å². The highest BCUT2D eigenvalue weighted by atomic mass is 19.1. The van der Waals surface area contributed by atoms with E-state index in [0.717, 1.165) is 31.6 Å². The molecule has 1 N–H and O–H groups in total. The number of piperidine rings is 1. The fraction of sp³-hybridized carbons (Fsp3) is 0.448. The topological polar surface area (TPSA) is 88.3 Å². The molecule has 0 radical (unpaired) electrons. The number of hydrogen-bond donors (Lipinski definition) is 1. The molecule has 1 aliphatic rings. The second kappa shape index (κ2) is 11.9. The summed E-state index contributed by atoms with van der Waals surface area (Å²) in [7, 11) is 2.16. The van der Waals surface area contributed by atoms with E-state index in [2.05, 4.69) is 46.3 Å². The molecule has 208 valence electrons. The highest BCUT2D eigenvalue weighted by molar-refractivity contribution is 5.80. The van der Waals surface area contributed by atoms with E-state index in [1.807, 2.05) is 26.8 Å². The van der Waals surface area contributed by atoms with Crippen LogP contribution in [0.25, 0.3) is 16.7 Å². The van der Waals surface area contributed by atoms with Gasteiger partial charge in [0.15, 0.2) is 5.65 Å². The van der Waals surface area contributed by atoms with Crippen molar-refractivity contribution in [3.05, 3.63) is 64.0 Å². The summed E-state index contributed by atoms with van der Waals surface area (Å²) in [5, 5.41) is 3.57. The number of rotatable bonds is 9. The van der Waals surface area contributed by atoms with Crippen molar-refractivity contribution in [3.8, 4) is 0 Å². The molecule has 1 fully saturated rings. The molecular weight excluding hydrogens is 497 g/mol. The number of aromatic nitrogens is 4. The van der Waals surface area contributed by atoms with Crippen LogP contribution >= 0.6 is 0 Å². The molecule has 1 amide bonds. The first kappa shape index (κ1) is 28.2. The Hall–Kier alpha value is -3.79. The fourth-order valence-corrected chi connectivity index (χ4v) is 5.11. The van der Waals surface area contributed by atoms with E-state index in [9.17, 15) is 14.0 Å². The lowest BCUT2D eigenvalue weighted by atomic mass is 9.87. The zero-order valence-electron chi connectivity index (χ0n) is 23.6. The number of carbonyl (C=O) groups excluding carboxylic acids is 1. The number of allylic oxidation sites excluding steroid dienone is 3. The maximum Gasteiger partial charge on any atom is 0.278 e. The number of halogens is 1.